The molecule has 2 heterocycles. The summed E-state index contributed by atoms with van der Waals surface area (Å²) in [5.41, 5.74) is 0.925. The lowest BCUT2D eigenvalue weighted by molar-refractivity contribution is -0.118. The fraction of sp³-hybridized carbons (Fsp3) is 0.167. The van der Waals surface area contributed by atoms with Crippen LogP contribution in [0.2, 0.25) is 0 Å². The van der Waals surface area contributed by atoms with Crippen molar-refractivity contribution in [1.29, 1.82) is 0 Å². The van der Waals surface area contributed by atoms with Crippen LogP contribution in [0, 0.1) is 0 Å². The minimum atomic E-state index is -0.713. The number of carbonyl (C=O) groups excluding carboxylic acids is 1. The SMILES string of the molecule is CC(C(=O)Nc1ccc2c(c1)OCO2)n1cnc2ccccc2c1=O. The molecule has 2 aromatic carbocycles. The quantitative estimate of drug-likeness (QED) is 0.793. The number of hydrogen-bond donors (Lipinski definition) is 1. The molecule has 4 rings (SSSR count). The summed E-state index contributed by atoms with van der Waals surface area (Å²) in [5, 5.41) is 3.26. The molecule has 1 N–H and O–H groups in total. The number of hydrogen-bond acceptors (Lipinski definition) is 5. The van der Waals surface area contributed by atoms with E-state index in [-0.39, 0.29) is 18.3 Å². The van der Waals surface area contributed by atoms with Crippen LogP contribution in [0.1, 0.15) is 13.0 Å². The molecule has 126 valence electrons. The van der Waals surface area contributed by atoms with Crippen LogP contribution >= 0.6 is 0 Å². The third kappa shape index (κ3) is 2.69. The van der Waals surface area contributed by atoms with E-state index in [1.54, 1.807) is 43.3 Å². The van der Waals surface area contributed by atoms with Gasteiger partial charge in [-0.2, -0.15) is 0 Å². The lowest BCUT2D eigenvalue weighted by Gasteiger charge is -2.15. The van der Waals surface area contributed by atoms with Gasteiger partial charge in [0.25, 0.3) is 5.56 Å². The van der Waals surface area contributed by atoms with Crippen LogP contribution in [0.25, 0.3) is 10.9 Å². The second-order valence-corrected chi connectivity index (χ2v) is 5.71. The summed E-state index contributed by atoms with van der Waals surface area (Å²) in [6, 6.07) is 11.5. The number of carbonyl (C=O) groups is 1. The maximum Gasteiger partial charge on any atom is 0.261 e. The van der Waals surface area contributed by atoms with Gasteiger partial charge in [-0.1, -0.05) is 12.1 Å². The molecule has 1 aromatic heterocycles. The molecule has 1 unspecified atom stereocenters. The summed E-state index contributed by atoms with van der Waals surface area (Å²) >= 11 is 0. The summed E-state index contributed by atoms with van der Waals surface area (Å²) in [7, 11) is 0. The Morgan fingerprint density at radius 2 is 2.00 bits per heavy atom. The van der Waals surface area contributed by atoms with Crippen molar-refractivity contribution in [2.75, 3.05) is 12.1 Å². The van der Waals surface area contributed by atoms with E-state index in [1.165, 1.54) is 10.9 Å². The van der Waals surface area contributed by atoms with Crippen LogP contribution in [0.3, 0.4) is 0 Å². The Morgan fingerprint density at radius 1 is 1.20 bits per heavy atom. The lowest BCUT2D eigenvalue weighted by Crippen LogP contribution is -2.31. The topological polar surface area (TPSA) is 82.4 Å². The Hall–Kier alpha value is -3.35. The van der Waals surface area contributed by atoms with Crippen molar-refractivity contribution >= 4 is 22.5 Å². The van der Waals surface area contributed by atoms with Gasteiger partial charge in [-0.05, 0) is 31.2 Å². The molecule has 0 saturated carbocycles. The van der Waals surface area contributed by atoms with Gasteiger partial charge >= 0.3 is 0 Å². The molecular formula is C18H15N3O4. The largest absolute Gasteiger partial charge is 0.454 e. The summed E-state index contributed by atoms with van der Waals surface area (Å²) in [5.74, 6) is 0.897. The molecule has 0 spiro atoms. The van der Waals surface area contributed by atoms with Crippen LogP contribution in [-0.4, -0.2) is 22.3 Å². The third-order valence-electron chi connectivity index (χ3n) is 4.13. The van der Waals surface area contributed by atoms with Gasteiger partial charge in [0.1, 0.15) is 6.04 Å². The zero-order chi connectivity index (χ0) is 17.4. The number of nitrogens with zero attached hydrogens (tertiary/aromatic N) is 2. The fourth-order valence-electron chi connectivity index (χ4n) is 2.71. The summed E-state index contributed by atoms with van der Waals surface area (Å²) < 4.78 is 11.9. The molecule has 7 nitrogen and oxygen atoms in total. The van der Waals surface area contributed by atoms with Crippen LogP contribution in [0.15, 0.2) is 53.6 Å². The van der Waals surface area contributed by atoms with E-state index >= 15 is 0 Å². The maximum absolute atomic E-state index is 12.6. The van der Waals surface area contributed by atoms with Crippen molar-refractivity contribution in [1.82, 2.24) is 9.55 Å². The molecule has 0 aliphatic carbocycles. The average Bonchev–Trinajstić information content (AvgIpc) is 3.09. The molecule has 0 radical (unpaired) electrons. The molecule has 1 amide bonds. The summed E-state index contributed by atoms with van der Waals surface area (Å²) in [6.45, 7) is 1.82. The number of amides is 1. The third-order valence-corrected chi connectivity index (χ3v) is 4.13. The first-order valence-corrected chi connectivity index (χ1v) is 7.80. The highest BCUT2D eigenvalue weighted by Crippen LogP contribution is 2.34. The predicted molar refractivity (Wildman–Crippen MR) is 91.9 cm³/mol. The first kappa shape index (κ1) is 15.2. The zero-order valence-corrected chi connectivity index (χ0v) is 13.4. The minimum Gasteiger partial charge on any atom is -0.454 e. The Bertz CT molecular complexity index is 1030. The fourth-order valence-corrected chi connectivity index (χ4v) is 2.71. The Morgan fingerprint density at radius 3 is 2.88 bits per heavy atom. The molecule has 1 aliphatic heterocycles. The van der Waals surface area contributed by atoms with E-state index in [2.05, 4.69) is 10.3 Å². The molecule has 0 saturated heterocycles. The number of para-hydroxylation sites is 1. The number of aromatic nitrogens is 2. The molecule has 7 heteroatoms. The number of anilines is 1. The Labute approximate surface area is 142 Å². The molecule has 25 heavy (non-hydrogen) atoms. The number of nitrogens with one attached hydrogen (secondary N) is 1. The standard InChI is InChI=1S/C18H15N3O4/c1-11(21-9-19-14-5-3-2-4-13(14)18(21)23)17(22)20-12-6-7-15-16(8-12)25-10-24-15/h2-9,11H,10H2,1H3,(H,20,22). The highest BCUT2D eigenvalue weighted by molar-refractivity contribution is 5.94. The monoisotopic (exact) mass is 337 g/mol. The van der Waals surface area contributed by atoms with Crippen LogP contribution in [-0.2, 0) is 4.79 Å². The van der Waals surface area contributed by atoms with Crippen LogP contribution < -0.4 is 20.3 Å². The summed E-state index contributed by atoms with van der Waals surface area (Å²) in [6.07, 6.45) is 1.40. The lowest BCUT2D eigenvalue weighted by atomic mass is 10.2. The van der Waals surface area contributed by atoms with E-state index in [0.29, 0.717) is 28.1 Å². The molecule has 1 aliphatic rings. The van der Waals surface area contributed by atoms with Crippen LogP contribution in [0.5, 0.6) is 11.5 Å². The van der Waals surface area contributed by atoms with Gasteiger partial charge in [-0.3, -0.25) is 14.2 Å². The van der Waals surface area contributed by atoms with Gasteiger partial charge in [0.15, 0.2) is 11.5 Å². The maximum atomic E-state index is 12.6. The minimum absolute atomic E-state index is 0.168. The van der Waals surface area contributed by atoms with Crippen LogP contribution in [0.4, 0.5) is 5.69 Å². The summed E-state index contributed by atoms with van der Waals surface area (Å²) in [4.78, 5) is 29.4. The van der Waals surface area contributed by atoms with Crippen molar-refractivity contribution in [3.05, 3.63) is 59.1 Å². The van der Waals surface area contributed by atoms with Gasteiger partial charge in [0.05, 0.1) is 17.2 Å². The number of ether oxygens (including phenoxy) is 2. The van der Waals surface area contributed by atoms with E-state index in [4.69, 9.17) is 9.47 Å². The molecule has 0 bridgehead atoms. The number of benzene rings is 2. The van der Waals surface area contributed by atoms with E-state index in [0.717, 1.165) is 0 Å². The van der Waals surface area contributed by atoms with Crippen molar-refractivity contribution in [2.45, 2.75) is 13.0 Å². The van der Waals surface area contributed by atoms with E-state index in [1.807, 2.05) is 6.07 Å². The smallest absolute Gasteiger partial charge is 0.261 e. The number of rotatable bonds is 3. The molecular weight excluding hydrogens is 322 g/mol. The van der Waals surface area contributed by atoms with Gasteiger partial charge in [-0.15, -0.1) is 0 Å². The van der Waals surface area contributed by atoms with Crippen molar-refractivity contribution in [3.8, 4) is 11.5 Å². The zero-order valence-electron chi connectivity index (χ0n) is 13.4. The van der Waals surface area contributed by atoms with Crippen molar-refractivity contribution < 1.29 is 14.3 Å². The average molecular weight is 337 g/mol. The Balaban J connectivity index is 1.60. The first-order chi connectivity index (χ1) is 12.1. The number of fused-ring (bicyclic) bond motifs is 2. The van der Waals surface area contributed by atoms with E-state index in [9.17, 15) is 9.59 Å². The van der Waals surface area contributed by atoms with E-state index < -0.39 is 6.04 Å². The first-order valence-electron chi connectivity index (χ1n) is 7.80. The van der Waals surface area contributed by atoms with Gasteiger partial charge in [0, 0.05) is 11.8 Å². The second kappa shape index (κ2) is 5.94. The predicted octanol–water partition coefficient (Wildman–Crippen LogP) is 2.32. The molecule has 3 aromatic rings. The van der Waals surface area contributed by atoms with Gasteiger partial charge < -0.3 is 14.8 Å². The van der Waals surface area contributed by atoms with Crippen molar-refractivity contribution in [3.63, 3.8) is 0 Å². The highest BCUT2D eigenvalue weighted by Gasteiger charge is 2.19. The molecule has 1 atom stereocenters. The van der Waals surface area contributed by atoms with Gasteiger partial charge in [-0.25, -0.2) is 4.98 Å². The highest BCUT2D eigenvalue weighted by atomic mass is 16.7. The normalized spacial score (nSPS) is 13.6. The van der Waals surface area contributed by atoms with Gasteiger partial charge in [0.2, 0.25) is 12.7 Å². The molecule has 0 fully saturated rings. The second-order valence-electron chi connectivity index (χ2n) is 5.71. The Kier molecular flexibility index (Phi) is 3.61. The van der Waals surface area contributed by atoms with Crippen molar-refractivity contribution in [2.24, 2.45) is 0 Å².